The molecule has 124 valence electrons. The smallest absolute Gasteiger partial charge is 0.205 e. The number of rotatable bonds is 11. The first-order valence-corrected chi connectivity index (χ1v) is 10.3. The highest BCUT2D eigenvalue weighted by Gasteiger charge is 2.07. The molecule has 4 nitrogen and oxygen atoms in total. The van der Waals surface area contributed by atoms with Crippen LogP contribution in [-0.2, 0) is 10.0 Å². The third kappa shape index (κ3) is 9.20. The molecule has 0 radical (unpaired) electrons. The van der Waals surface area contributed by atoms with Crippen molar-refractivity contribution in [3.05, 3.63) is 34.3 Å². The van der Waals surface area contributed by atoms with E-state index in [4.69, 9.17) is 0 Å². The molecule has 0 saturated heterocycles. The van der Waals surface area contributed by atoms with Crippen LogP contribution in [-0.4, -0.2) is 20.4 Å². The fourth-order valence-electron chi connectivity index (χ4n) is 2.02. The van der Waals surface area contributed by atoms with Crippen LogP contribution in [0.5, 0.6) is 0 Å². The van der Waals surface area contributed by atoms with Gasteiger partial charge in [-0.15, -0.1) is 0 Å². The lowest BCUT2D eigenvalue weighted by Crippen LogP contribution is -2.21. The Balaban J connectivity index is 2.22. The summed E-state index contributed by atoms with van der Waals surface area (Å²) >= 11 is 3.34. The summed E-state index contributed by atoms with van der Waals surface area (Å²) in [7, 11) is -3.31. The summed E-state index contributed by atoms with van der Waals surface area (Å²) in [5.74, 6) is 0.137. The molecule has 1 aromatic carbocycles. The van der Waals surface area contributed by atoms with Gasteiger partial charge >= 0.3 is 0 Å². The van der Waals surface area contributed by atoms with Gasteiger partial charge in [0.1, 0.15) is 0 Å². The first-order valence-electron chi connectivity index (χ1n) is 7.81. The van der Waals surface area contributed by atoms with E-state index in [1.165, 1.54) is 31.9 Å². The minimum Gasteiger partial charge on any atom is -0.205 e. The lowest BCUT2D eigenvalue weighted by molar-refractivity contribution is 0.570. The second-order valence-corrected chi connectivity index (χ2v) is 8.08. The molecule has 0 aliphatic rings. The van der Waals surface area contributed by atoms with Gasteiger partial charge in [-0.3, -0.25) is 0 Å². The Labute approximate surface area is 142 Å². The van der Waals surface area contributed by atoms with Gasteiger partial charge in [0.2, 0.25) is 10.0 Å². The summed E-state index contributed by atoms with van der Waals surface area (Å²) in [6.07, 6.45) is 9.21. The molecule has 6 heteroatoms. The van der Waals surface area contributed by atoms with Crippen molar-refractivity contribution < 1.29 is 8.42 Å². The van der Waals surface area contributed by atoms with Crippen molar-refractivity contribution in [2.75, 3.05) is 5.75 Å². The van der Waals surface area contributed by atoms with E-state index in [9.17, 15) is 8.42 Å². The van der Waals surface area contributed by atoms with E-state index in [-0.39, 0.29) is 5.75 Å². The number of hydrogen-bond acceptors (Lipinski definition) is 3. The van der Waals surface area contributed by atoms with Gasteiger partial charge in [0.25, 0.3) is 0 Å². The van der Waals surface area contributed by atoms with Crippen LogP contribution < -0.4 is 4.83 Å². The first-order chi connectivity index (χ1) is 10.5. The highest BCUT2D eigenvalue weighted by Crippen LogP contribution is 2.09. The van der Waals surface area contributed by atoms with E-state index in [0.29, 0.717) is 6.42 Å². The largest absolute Gasteiger partial charge is 0.247 e. The molecule has 1 aromatic rings. The summed E-state index contributed by atoms with van der Waals surface area (Å²) in [6.45, 7) is 2.19. The summed E-state index contributed by atoms with van der Waals surface area (Å²) in [5.41, 5.74) is 0.849. The quantitative estimate of drug-likeness (QED) is 0.345. The van der Waals surface area contributed by atoms with Crippen LogP contribution in [0.4, 0.5) is 0 Å². The number of nitrogens with one attached hydrogen (secondary N) is 1. The third-order valence-electron chi connectivity index (χ3n) is 3.29. The Morgan fingerprint density at radius 2 is 1.64 bits per heavy atom. The lowest BCUT2D eigenvalue weighted by Gasteiger charge is -2.03. The average molecular weight is 389 g/mol. The van der Waals surface area contributed by atoms with Crippen LogP contribution in [0.25, 0.3) is 0 Å². The molecule has 1 N–H and O–H groups in total. The van der Waals surface area contributed by atoms with E-state index in [0.717, 1.165) is 22.9 Å². The van der Waals surface area contributed by atoms with Gasteiger partial charge in [-0.05, 0) is 24.1 Å². The second kappa shape index (κ2) is 10.8. The molecule has 0 saturated carbocycles. The molecular formula is C16H25BrN2O2S. The predicted octanol–water partition coefficient (Wildman–Crippen LogP) is 4.45. The Kier molecular flexibility index (Phi) is 9.39. The topological polar surface area (TPSA) is 58.5 Å². The molecule has 1 rings (SSSR count). The molecule has 0 heterocycles. The van der Waals surface area contributed by atoms with Crippen molar-refractivity contribution in [2.24, 2.45) is 5.10 Å². The molecule has 0 aromatic heterocycles. The molecule has 22 heavy (non-hydrogen) atoms. The van der Waals surface area contributed by atoms with Gasteiger partial charge in [-0.1, -0.05) is 73.5 Å². The van der Waals surface area contributed by atoms with Gasteiger partial charge in [0, 0.05) is 4.47 Å². The highest BCUT2D eigenvalue weighted by atomic mass is 79.9. The van der Waals surface area contributed by atoms with Gasteiger partial charge in [-0.2, -0.15) is 5.10 Å². The van der Waals surface area contributed by atoms with Crippen LogP contribution in [0.2, 0.25) is 0 Å². The zero-order valence-corrected chi connectivity index (χ0v) is 15.5. The maximum atomic E-state index is 11.8. The molecule has 0 fully saturated rings. The van der Waals surface area contributed by atoms with Gasteiger partial charge in [-0.25, -0.2) is 13.2 Å². The second-order valence-electron chi connectivity index (χ2n) is 5.34. The minimum atomic E-state index is -3.31. The standard InChI is InChI=1S/C16H25BrN2O2S/c1-2-3-4-5-6-7-8-13-22(20,21)19-18-14-15-9-11-16(17)12-10-15/h9-12,14,19H,2-8,13H2,1H3/b18-14+. The van der Waals surface area contributed by atoms with E-state index in [2.05, 4.69) is 32.8 Å². The predicted molar refractivity (Wildman–Crippen MR) is 96.7 cm³/mol. The normalized spacial score (nSPS) is 11.9. The van der Waals surface area contributed by atoms with Crippen molar-refractivity contribution in [3.8, 4) is 0 Å². The van der Waals surface area contributed by atoms with E-state index < -0.39 is 10.0 Å². The fourth-order valence-corrected chi connectivity index (χ4v) is 3.18. The zero-order chi connectivity index (χ0) is 16.3. The molecule has 0 bridgehead atoms. The zero-order valence-electron chi connectivity index (χ0n) is 13.1. The summed E-state index contributed by atoms with van der Waals surface area (Å²) in [5, 5.41) is 3.80. The van der Waals surface area contributed by atoms with E-state index in [1.54, 1.807) is 0 Å². The van der Waals surface area contributed by atoms with Gasteiger partial charge < -0.3 is 0 Å². The first kappa shape index (κ1) is 19.2. The number of benzene rings is 1. The van der Waals surface area contributed by atoms with E-state index >= 15 is 0 Å². The van der Waals surface area contributed by atoms with Crippen molar-refractivity contribution in [1.29, 1.82) is 0 Å². The number of hydrazone groups is 1. The minimum absolute atomic E-state index is 0.137. The Morgan fingerprint density at radius 1 is 1.05 bits per heavy atom. The van der Waals surface area contributed by atoms with Crippen LogP contribution in [0, 0.1) is 0 Å². The van der Waals surface area contributed by atoms with E-state index in [1.807, 2.05) is 24.3 Å². The van der Waals surface area contributed by atoms with Crippen molar-refractivity contribution >= 4 is 32.2 Å². The summed E-state index contributed by atoms with van der Waals surface area (Å²) < 4.78 is 24.5. The number of halogens is 1. The maximum Gasteiger partial charge on any atom is 0.247 e. The lowest BCUT2D eigenvalue weighted by atomic mass is 10.1. The molecule has 0 aliphatic heterocycles. The molecule has 0 aliphatic carbocycles. The Hall–Kier alpha value is -0.880. The van der Waals surface area contributed by atoms with Crippen LogP contribution in [0.3, 0.4) is 0 Å². The van der Waals surface area contributed by atoms with Crippen molar-refractivity contribution in [3.63, 3.8) is 0 Å². The molecular weight excluding hydrogens is 364 g/mol. The SMILES string of the molecule is CCCCCCCCCS(=O)(=O)N/N=C/c1ccc(Br)cc1. The highest BCUT2D eigenvalue weighted by molar-refractivity contribution is 9.10. The number of unbranched alkanes of at least 4 members (excludes halogenated alkanes) is 6. The fraction of sp³-hybridized carbons (Fsp3) is 0.562. The Bertz CT molecular complexity index is 542. The summed E-state index contributed by atoms with van der Waals surface area (Å²) in [6, 6.07) is 7.49. The number of nitrogens with zero attached hydrogens (tertiary/aromatic N) is 1. The Morgan fingerprint density at radius 3 is 2.27 bits per heavy atom. The van der Waals surface area contributed by atoms with Crippen molar-refractivity contribution in [2.45, 2.75) is 51.9 Å². The maximum absolute atomic E-state index is 11.8. The third-order valence-corrected chi connectivity index (χ3v) is 5.03. The van der Waals surface area contributed by atoms with Gasteiger partial charge in [0.05, 0.1) is 12.0 Å². The van der Waals surface area contributed by atoms with Crippen molar-refractivity contribution in [1.82, 2.24) is 4.83 Å². The number of sulfonamides is 1. The molecule has 0 atom stereocenters. The molecule has 0 spiro atoms. The number of hydrogen-bond donors (Lipinski definition) is 1. The van der Waals surface area contributed by atoms with Crippen LogP contribution in [0.1, 0.15) is 57.4 Å². The average Bonchev–Trinajstić information content (AvgIpc) is 2.48. The monoisotopic (exact) mass is 388 g/mol. The molecule has 0 amide bonds. The molecule has 0 unspecified atom stereocenters. The summed E-state index contributed by atoms with van der Waals surface area (Å²) in [4.78, 5) is 2.26. The van der Waals surface area contributed by atoms with Gasteiger partial charge in [0.15, 0.2) is 0 Å². The van der Waals surface area contributed by atoms with Crippen LogP contribution >= 0.6 is 15.9 Å². The van der Waals surface area contributed by atoms with Crippen LogP contribution in [0.15, 0.2) is 33.8 Å².